The van der Waals surface area contributed by atoms with Gasteiger partial charge in [0, 0.05) is 36.6 Å². The molecule has 8 heteroatoms. The summed E-state index contributed by atoms with van der Waals surface area (Å²) < 4.78 is 7.36. The van der Waals surface area contributed by atoms with E-state index in [1.807, 2.05) is 45.9 Å². The van der Waals surface area contributed by atoms with Gasteiger partial charge >= 0.3 is 0 Å². The summed E-state index contributed by atoms with van der Waals surface area (Å²) in [5.41, 5.74) is 1.79. The third-order valence-electron chi connectivity index (χ3n) is 5.33. The van der Waals surface area contributed by atoms with E-state index in [2.05, 4.69) is 22.1 Å². The standard InChI is InChI=1S/C22H25N5O2S/c1-16-6-3-4-13-26(16)20(28)15-30-22-25-24-21(17-9-11-23-12-10-17)27(22)18-7-5-8-19(14-18)29-2/h5,7-12,14,16H,3-4,6,13,15H2,1-2H3. The molecule has 156 valence electrons. The van der Waals surface area contributed by atoms with Crippen LogP contribution in [0.4, 0.5) is 0 Å². The number of benzene rings is 1. The molecule has 0 radical (unpaired) electrons. The summed E-state index contributed by atoms with van der Waals surface area (Å²) in [6, 6.07) is 11.8. The number of aromatic nitrogens is 4. The molecule has 1 amide bonds. The fraction of sp³-hybridized carbons (Fsp3) is 0.364. The first-order valence-corrected chi connectivity index (χ1v) is 11.1. The number of pyridine rings is 1. The van der Waals surface area contributed by atoms with E-state index in [0.29, 0.717) is 22.8 Å². The van der Waals surface area contributed by atoms with Gasteiger partial charge in [-0.1, -0.05) is 17.8 Å². The molecule has 2 aromatic heterocycles. The molecule has 3 heterocycles. The number of carbonyl (C=O) groups excluding carboxylic acids is 1. The smallest absolute Gasteiger partial charge is 0.233 e. The van der Waals surface area contributed by atoms with Gasteiger partial charge in [0.1, 0.15) is 5.75 Å². The molecule has 1 atom stereocenters. The Kier molecular flexibility index (Phi) is 6.32. The van der Waals surface area contributed by atoms with Crippen LogP contribution in [0.15, 0.2) is 53.9 Å². The first-order valence-electron chi connectivity index (χ1n) is 10.1. The molecule has 3 aromatic rings. The van der Waals surface area contributed by atoms with Gasteiger partial charge in [0.2, 0.25) is 5.91 Å². The lowest BCUT2D eigenvalue weighted by Crippen LogP contribution is -2.42. The van der Waals surface area contributed by atoms with Gasteiger partial charge in [-0.15, -0.1) is 10.2 Å². The lowest BCUT2D eigenvalue weighted by atomic mass is 10.0. The van der Waals surface area contributed by atoms with E-state index in [-0.39, 0.29) is 5.91 Å². The third kappa shape index (κ3) is 4.33. The fourth-order valence-corrected chi connectivity index (χ4v) is 4.55. The summed E-state index contributed by atoms with van der Waals surface area (Å²) in [7, 11) is 1.64. The molecular formula is C22H25N5O2S. The number of ether oxygens (including phenoxy) is 1. The van der Waals surface area contributed by atoms with Gasteiger partial charge in [0.15, 0.2) is 11.0 Å². The number of likely N-dealkylation sites (tertiary alicyclic amines) is 1. The number of piperidine rings is 1. The minimum atomic E-state index is 0.151. The number of thioether (sulfide) groups is 1. The van der Waals surface area contributed by atoms with Crippen LogP contribution in [0.2, 0.25) is 0 Å². The summed E-state index contributed by atoms with van der Waals surface area (Å²) in [5.74, 6) is 1.93. The quantitative estimate of drug-likeness (QED) is 0.561. The fourth-order valence-electron chi connectivity index (χ4n) is 3.71. The molecule has 4 rings (SSSR count). The average molecular weight is 424 g/mol. The van der Waals surface area contributed by atoms with Crippen LogP contribution in [0.5, 0.6) is 5.75 Å². The minimum absolute atomic E-state index is 0.151. The van der Waals surface area contributed by atoms with Gasteiger partial charge < -0.3 is 9.64 Å². The zero-order valence-corrected chi connectivity index (χ0v) is 18.0. The van der Waals surface area contributed by atoms with Gasteiger partial charge in [0.25, 0.3) is 0 Å². The average Bonchev–Trinajstić information content (AvgIpc) is 3.22. The van der Waals surface area contributed by atoms with Crippen molar-refractivity contribution in [1.82, 2.24) is 24.6 Å². The summed E-state index contributed by atoms with van der Waals surface area (Å²) in [6.45, 7) is 2.97. The molecule has 0 N–H and O–H groups in total. The number of hydrogen-bond acceptors (Lipinski definition) is 6. The lowest BCUT2D eigenvalue weighted by molar-refractivity contribution is -0.131. The topological polar surface area (TPSA) is 73.1 Å². The van der Waals surface area contributed by atoms with E-state index in [1.54, 1.807) is 19.5 Å². The Morgan fingerprint density at radius 1 is 1.20 bits per heavy atom. The highest BCUT2D eigenvalue weighted by atomic mass is 32.2. The van der Waals surface area contributed by atoms with E-state index in [1.165, 1.54) is 18.2 Å². The van der Waals surface area contributed by atoms with Gasteiger partial charge in [-0.05, 0) is 50.5 Å². The molecule has 1 fully saturated rings. The Balaban J connectivity index is 1.64. The Morgan fingerprint density at radius 2 is 2.03 bits per heavy atom. The van der Waals surface area contributed by atoms with Crippen molar-refractivity contribution in [2.75, 3.05) is 19.4 Å². The van der Waals surface area contributed by atoms with Crippen molar-refractivity contribution < 1.29 is 9.53 Å². The van der Waals surface area contributed by atoms with Crippen LogP contribution in [0.3, 0.4) is 0 Å². The Morgan fingerprint density at radius 3 is 2.80 bits per heavy atom. The van der Waals surface area contributed by atoms with Crippen LogP contribution in [-0.4, -0.2) is 56.0 Å². The second-order valence-electron chi connectivity index (χ2n) is 7.30. The molecule has 0 aliphatic carbocycles. The number of methoxy groups -OCH3 is 1. The summed E-state index contributed by atoms with van der Waals surface area (Å²) in [5, 5.41) is 9.50. The van der Waals surface area contributed by atoms with Crippen molar-refractivity contribution in [3.8, 4) is 22.8 Å². The van der Waals surface area contributed by atoms with E-state index in [0.717, 1.165) is 36.4 Å². The highest BCUT2D eigenvalue weighted by Gasteiger charge is 2.24. The van der Waals surface area contributed by atoms with Crippen molar-refractivity contribution in [1.29, 1.82) is 0 Å². The van der Waals surface area contributed by atoms with E-state index in [9.17, 15) is 4.79 Å². The number of amides is 1. The molecule has 30 heavy (non-hydrogen) atoms. The van der Waals surface area contributed by atoms with Crippen LogP contribution < -0.4 is 4.74 Å². The molecule has 1 unspecified atom stereocenters. The van der Waals surface area contributed by atoms with Crippen LogP contribution in [0.1, 0.15) is 26.2 Å². The number of nitrogens with zero attached hydrogens (tertiary/aromatic N) is 5. The summed E-state index contributed by atoms with van der Waals surface area (Å²) in [6.07, 6.45) is 6.80. The largest absolute Gasteiger partial charge is 0.497 e. The molecule has 1 aromatic carbocycles. The van der Waals surface area contributed by atoms with Crippen molar-refractivity contribution in [3.05, 3.63) is 48.8 Å². The van der Waals surface area contributed by atoms with Crippen LogP contribution in [0.25, 0.3) is 17.1 Å². The molecule has 0 spiro atoms. The highest BCUT2D eigenvalue weighted by Crippen LogP contribution is 2.30. The molecule has 7 nitrogen and oxygen atoms in total. The lowest BCUT2D eigenvalue weighted by Gasteiger charge is -2.33. The normalized spacial score (nSPS) is 16.5. The molecule has 0 bridgehead atoms. The SMILES string of the molecule is COc1cccc(-n2c(SCC(=O)N3CCCCC3C)nnc2-c2ccncc2)c1. The first-order chi connectivity index (χ1) is 14.7. The third-order valence-corrected chi connectivity index (χ3v) is 6.25. The molecule has 1 aliphatic heterocycles. The van der Waals surface area contributed by atoms with E-state index >= 15 is 0 Å². The van der Waals surface area contributed by atoms with Crippen LogP contribution in [-0.2, 0) is 4.79 Å². The van der Waals surface area contributed by atoms with Crippen molar-refractivity contribution in [3.63, 3.8) is 0 Å². The van der Waals surface area contributed by atoms with Crippen LogP contribution in [0, 0.1) is 0 Å². The number of hydrogen-bond donors (Lipinski definition) is 0. The summed E-state index contributed by atoms with van der Waals surface area (Å²) >= 11 is 1.42. The molecule has 0 saturated carbocycles. The first kappa shape index (κ1) is 20.4. The van der Waals surface area contributed by atoms with Gasteiger partial charge in [-0.2, -0.15) is 0 Å². The predicted molar refractivity (Wildman–Crippen MR) is 117 cm³/mol. The van der Waals surface area contributed by atoms with E-state index in [4.69, 9.17) is 4.74 Å². The predicted octanol–water partition coefficient (Wildman–Crippen LogP) is 3.83. The van der Waals surface area contributed by atoms with Gasteiger partial charge in [0.05, 0.1) is 18.6 Å². The highest BCUT2D eigenvalue weighted by molar-refractivity contribution is 7.99. The van der Waals surface area contributed by atoms with Crippen molar-refractivity contribution in [2.45, 2.75) is 37.4 Å². The van der Waals surface area contributed by atoms with Crippen molar-refractivity contribution >= 4 is 17.7 Å². The van der Waals surface area contributed by atoms with Crippen molar-refractivity contribution in [2.24, 2.45) is 0 Å². The van der Waals surface area contributed by atoms with E-state index < -0.39 is 0 Å². The zero-order chi connectivity index (χ0) is 20.9. The Hall–Kier alpha value is -2.87. The summed E-state index contributed by atoms with van der Waals surface area (Å²) in [4.78, 5) is 18.9. The number of rotatable bonds is 6. The Labute approximate surface area is 180 Å². The van der Waals surface area contributed by atoms with Gasteiger partial charge in [-0.3, -0.25) is 14.3 Å². The van der Waals surface area contributed by atoms with Crippen LogP contribution >= 0.6 is 11.8 Å². The molecular weight excluding hydrogens is 398 g/mol. The second kappa shape index (κ2) is 9.30. The second-order valence-corrected chi connectivity index (χ2v) is 8.24. The monoisotopic (exact) mass is 423 g/mol. The van der Waals surface area contributed by atoms with Gasteiger partial charge in [-0.25, -0.2) is 0 Å². The minimum Gasteiger partial charge on any atom is -0.497 e. The maximum Gasteiger partial charge on any atom is 0.233 e. The maximum absolute atomic E-state index is 12.8. The Bertz CT molecular complexity index is 1010. The molecule has 1 saturated heterocycles. The number of carbonyl (C=O) groups is 1. The maximum atomic E-state index is 12.8. The molecule has 1 aliphatic rings. The zero-order valence-electron chi connectivity index (χ0n) is 17.2.